The van der Waals surface area contributed by atoms with Gasteiger partial charge in [-0.2, -0.15) is 0 Å². The molecule has 29 heavy (non-hydrogen) atoms. The predicted molar refractivity (Wildman–Crippen MR) is 109 cm³/mol. The number of benzene rings is 3. The summed E-state index contributed by atoms with van der Waals surface area (Å²) in [5.74, 6) is 1.48. The second-order valence-corrected chi connectivity index (χ2v) is 6.27. The maximum atomic E-state index is 12.3. The summed E-state index contributed by atoms with van der Waals surface area (Å²) >= 11 is 0. The first kappa shape index (κ1) is 18.4. The van der Waals surface area contributed by atoms with Crippen LogP contribution < -0.4 is 10.1 Å². The van der Waals surface area contributed by atoms with Crippen molar-refractivity contribution in [2.45, 2.75) is 0 Å². The highest BCUT2D eigenvalue weighted by Gasteiger charge is 2.11. The van der Waals surface area contributed by atoms with Crippen molar-refractivity contribution in [3.05, 3.63) is 90.5 Å². The van der Waals surface area contributed by atoms with Crippen molar-refractivity contribution in [3.63, 3.8) is 0 Å². The molecule has 0 saturated heterocycles. The van der Waals surface area contributed by atoms with E-state index in [4.69, 9.17) is 9.15 Å². The number of carbonyl (C=O) groups is 1. The molecule has 3 aromatic carbocycles. The molecule has 0 spiro atoms. The number of hydrogen-bond acceptors (Lipinski definition) is 5. The van der Waals surface area contributed by atoms with Crippen LogP contribution in [-0.4, -0.2) is 29.3 Å². The number of nitrogens with zero attached hydrogens (tertiary/aromatic N) is 2. The molecular weight excluding hydrogens is 366 g/mol. The molecule has 1 heterocycles. The van der Waals surface area contributed by atoms with Crippen LogP contribution in [0.1, 0.15) is 10.4 Å². The van der Waals surface area contributed by atoms with E-state index < -0.39 is 0 Å². The summed E-state index contributed by atoms with van der Waals surface area (Å²) in [5.41, 5.74) is 2.17. The molecule has 0 atom stereocenters. The summed E-state index contributed by atoms with van der Waals surface area (Å²) in [7, 11) is 0. The van der Waals surface area contributed by atoms with Crippen LogP contribution in [0.25, 0.3) is 22.9 Å². The predicted octanol–water partition coefficient (Wildman–Crippen LogP) is 4.21. The second-order valence-electron chi connectivity index (χ2n) is 6.27. The third-order valence-corrected chi connectivity index (χ3v) is 4.24. The zero-order valence-electron chi connectivity index (χ0n) is 15.6. The van der Waals surface area contributed by atoms with Gasteiger partial charge >= 0.3 is 0 Å². The smallest absolute Gasteiger partial charge is 0.251 e. The monoisotopic (exact) mass is 385 g/mol. The topological polar surface area (TPSA) is 77.2 Å². The molecule has 0 aliphatic rings. The molecule has 1 amide bonds. The van der Waals surface area contributed by atoms with E-state index in [1.54, 1.807) is 24.3 Å². The fourth-order valence-corrected chi connectivity index (χ4v) is 2.75. The Labute approximate surface area is 168 Å². The van der Waals surface area contributed by atoms with Crippen LogP contribution in [0.5, 0.6) is 5.75 Å². The molecule has 4 aromatic rings. The average molecular weight is 385 g/mol. The number of para-hydroxylation sites is 1. The molecule has 1 aromatic heterocycles. The van der Waals surface area contributed by atoms with Crippen LogP contribution in [0, 0.1) is 0 Å². The minimum absolute atomic E-state index is 0.163. The first-order chi connectivity index (χ1) is 14.3. The largest absolute Gasteiger partial charge is 0.492 e. The Balaban J connectivity index is 1.33. The highest BCUT2D eigenvalue weighted by Crippen LogP contribution is 2.23. The minimum Gasteiger partial charge on any atom is -0.492 e. The van der Waals surface area contributed by atoms with Crippen molar-refractivity contribution in [1.29, 1.82) is 0 Å². The second kappa shape index (κ2) is 8.84. The number of ether oxygens (including phenoxy) is 1. The maximum Gasteiger partial charge on any atom is 0.251 e. The molecule has 0 aliphatic heterocycles. The molecule has 0 saturated carbocycles. The quantitative estimate of drug-likeness (QED) is 0.482. The summed E-state index contributed by atoms with van der Waals surface area (Å²) in [6.45, 7) is 0.817. The van der Waals surface area contributed by atoms with Crippen LogP contribution >= 0.6 is 0 Å². The molecular formula is C23H19N3O3. The average Bonchev–Trinajstić information content (AvgIpc) is 3.28. The first-order valence-electron chi connectivity index (χ1n) is 9.25. The Hall–Kier alpha value is -3.93. The van der Waals surface area contributed by atoms with Crippen LogP contribution in [0.3, 0.4) is 0 Å². The van der Waals surface area contributed by atoms with E-state index >= 15 is 0 Å². The lowest BCUT2D eigenvalue weighted by Gasteiger charge is -2.08. The molecule has 1 N–H and O–H groups in total. The van der Waals surface area contributed by atoms with Gasteiger partial charge in [0.15, 0.2) is 0 Å². The molecule has 6 nitrogen and oxygen atoms in total. The molecule has 6 heteroatoms. The fourth-order valence-electron chi connectivity index (χ4n) is 2.75. The number of nitrogens with one attached hydrogen (secondary N) is 1. The Morgan fingerprint density at radius 3 is 2.03 bits per heavy atom. The van der Waals surface area contributed by atoms with Crippen LogP contribution in [0.2, 0.25) is 0 Å². The summed E-state index contributed by atoms with van der Waals surface area (Å²) in [5, 5.41) is 11.0. The normalized spacial score (nSPS) is 10.5. The third-order valence-electron chi connectivity index (χ3n) is 4.24. The van der Waals surface area contributed by atoms with Crippen molar-refractivity contribution in [2.24, 2.45) is 0 Å². The minimum atomic E-state index is -0.163. The summed E-state index contributed by atoms with van der Waals surface area (Å²) in [6.07, 6.45) is 0. The van der Waals surface area contributed by atoms with Gasteiger partial charge in [0.05, 0.1) is 6.54 Å². The fraction of sp³-hybridized carbons (Fsp3) is 0.0870. The lowest BCUT2D eigenvalue weighted by Crippen LogP contribution is -2.28. The standard InChI is InChI=1S/C23H19N3O3/c27-21(24-15-16-28-20-9-5-2-6-10-20)17-11-13-19(14-12-17)23-26-25-22(29-23)18-7-3-1-4-8-18/h1-14H,15-16H2,(H,24,27). The van der Waals surface area contributed by atoms with Gasteiger partial charge in [-0.25, -0.2) is 0 Å². The van der Waals surface area contributed by atoms with E-state index in [1.807, 2.05) is 60.7 Å². The van der Waals surface area contributed by atoms with E-state index in [2.05, 4.69) is 15.5 Å². The van der Waals surface area contributed by atoms with E-state index in [0.29, 0.717) is 30.5 Å². The molecule has 0 fully saturated rings. The van der Waals surface area contributed by atoms with Gasteiger partial charge in [0.2, 0.25) is 11.8 Å². The molecule has 4 rings (SSSR count). The zero-order valence-corrected chi connectivity index (χ0v) is 15.6. The van der Waals surface area contributed by atoms with Crippen molar-refractivity contribution in [3.8, 4) is 28.7 Å². The van der Waals surface area contributed by atoms with Gasteiger partial charge in [-0.1, -0.05) is 36.4 Å². The SMILES string of the molecule is O=C(NCCOc1ccccc1)c1ccc(-c2nnc(-c3ccccc3)o2)cc1. The number of hydrogen-bond donors (Lipinski definition) is 1. The summed E-state index contributed by atoms with van der Waals surface area (Å²) < 4.78 is 11.3. The molecule has 144 valence electrons. The zero-order chi connectivity index (χ0) is 19.9. The highest BCUT2D eigenvalue weighted by molar-refractivity contribution is 5.94. The maximum absolute atomic E-state index is 12.3. The Morgan fingerprint density at radius 2 is 1.38 bits per heavy atom. The van der Waals surface area contributed by atoms with E-state index in [9.17, 15) is 4.79 Å². The van der Waals surface area contributed by atoms with Gasteiger partial charge < -0.3 is 14.5 Å². The van der Waals surface area contributed by atoms with E-state index in [0.717, 1.165) is 16.9 Å². The third kappa shape index (κ3) is 4.68. The van der Waals surface area contributed by atoms with E-state index in [-0.39, 0.29) is 5.91 Å². The number of rotatable bonds is 7. The Morgan fingerprint density at radius 1 is 0.793 bits per heavy atom. The van der Waals surface area contributed by atoms with Gasteiger partial charge in [0, 0.05) is 16.7 Å². The Kier molecular flexibility index (Phi) is 5.62. The number of amides is 1. The lowest BCUT2D eigenvalue weighted by atomic mass is 10.1. The van der Waals surface area contributed by atoms with Gasteiger partial charge in [-0.05, 0) is 48.5 Å². The van der Waals surface area contributed by atoms with Crippen molar-refractivity contribution < 1.29 is 13.9 Å². The van der Waals surface area contributed by atoms with Gasteiger partial charge in [0.1, 0.15) is 12.4 Å². The molecule has 0 bridgehead atoms. The molecule has 0 unspecified atom stereocenters. The number of aromatic nitrogens is 2. The van der Waals surface area contributed by atoms with Gasteiger partial charge in [-0.3, -0.25) is 4.79 Å². The van der Waals surface area contributed by atoms with Crippen molar-refractivity contribution >= 4 is 5.91 Å². The Bertz CT molecular complexity index is 1060. The van der Waals surface area contributed by atoms with Crippen molar-refractivity contribution in [1.82, 2.24) is 15.5 Å². The van der Waals surface area contributed by atoms with Crippen molar-refractivity contribution in [2.75, 3.05) is 13.2 Å². The summed E-state index contributed by atoms with van der Waals surface area (Å²) in [4.78, 5) is 12.3. The van der Waals surface area contributed by atoms with Crippen LogP contribution in [0.4, 0.5) is 0 Å². The molecule has 0 radical (unpaired) electrons. The van der Waals surface area contributed by atoms with E-state index in [1.165, 1.54) is 0 Å². The van der Waals surface area contributed by atoms with Gasteiger partial charge in [0.25, 0.3) is 5.91 Å². The highest BCUT2D eigenvalue weighted by atomic mass is 16.5. The van der Waals surface area contributed by atoms with Gasteiger partial charge in [-0.15, -0.1) is 10.2 Å². The molecule has 0 aliphatic carbocycles. The number of carbonyl (C=O) groups excluding carboxylic acids is 1. The lowest BCUT2D eigenvalue weighted by molar-refractivity contribution is 0.0947. The first-order valence-corrected chi connectivity index (χ1v) is 9.25. The summed E-state index contributed by atoms with van der Waals surface area (Å²) in [6, 6.07) is 26.1. The van der Waals surface area contributed by atoms with Crippen LogP contribution in [-0.2, 0) is 0 Å². The van der Waals surface area contributed by atoms with Crippen LogP contribution in [0.15, 0.2) is 89.3 Å².